The van der Waals surface area contributed by atoms with E-state index in [-0.39, 0.29) is 0 Å². The molecule has 0 spiro atoms. The summed E-state index contributed by atoms with van der Waals surface area (Å²) >= 11 is 12.2. The number of fused-ring (bicyclic) bond motifs is 1. The van der Waals surface area contributed by atoms with E-state index in [1.165, 1.54) is 19.4 Å². The van der Waals surface area contributed by atoms with Crippen molar-refractivity contribution in [1.29, 1.82) is 0 Å². The predicted molar refractivity (Wildman–Crippen MR) is 84.4 cm³/mol. The van der Waals surface area contributed by atoms with Gasteiger partial charge < -0.3 is 10.3 Å². The number of rotatable bonds is 3. The number of halogens is 2. The maximum atomic E-state index is 6.12. The fourth-order valence-electron chi connectivity index (χ4n) is 3.06. The summed E-state index contributed by atoms with van der Waals surface area (Å²) in [6.45, 7) is 5.29. The number of nitrogens with two attached hydrogens (primary N) is 1. The van der Waals surface area contributed by atoms with Crippen molar-refractivity contribution in [2.24, 2.45) is 0 Å². The Kier molecular flexibility index (Phi) is 3.80. The van der Waals surface area contributed by atoms with Gasteiger partial charge in [0.05, 0.1) is 21.1 Å². The maximum Gasteiger partial charge on any atom is 0.201 e. The minimum atomic E-state index is 0.514. The van der Waals surface area contributed by atoms with Gasteiger partial charge in [0, 0.05) is 12.6 Å². The molecule has 2 aromatic rings. The average molecular weight is 313 g/mol. The first-order chi connectivity index (χ1) is 9.60. The molecule has 2 heterocycles. The molecule has 1 aliphatic rings. The van der Waals surface area contributed by atoms with E-state index < -0.39 is 0 Å². The van der Waals surface area contributed by atoms with E-state index in [9.17, 15) is 0 Å². The zero-order valence-electron chi connectivity index (χ0n) is 11.4. The number of aromatic nitrogens is 2. The minimum Gasteiger partial charge on any atom is -0.369 e. The highest BCUT2D eigenvalue weighted by atomic mass is 35.5. The van der Waals surface area contributed by atoms with Crippen molar-refractivity contribution >= 4 is 40.2 Å². The lowest BCUT2D eigenvalue weighted by molar-refractivity contribution is 0.246. The second kappa shape index (κ2) is 5.43. The summed E-state index contributed by atoms with van der Waals surface area (Å²) in [6.07, 6.45) is 2.45. The lowest BCUT2D eigenvalue weighted by atomic mass is 10.2. The van der Waals surface area contributed by atoms with Crippen LogP contribution in [-0.2, 0) is 6.54 Å². The molecule has 0 aliphatic carbocycles. The zero-order chi connectivity index (χ0) is 14.3. The van der Waals surface area contributed by atoms with E-state index in [2.05, 4.69) is 21.4 Å². The van der Waals surface area contributed by atoms with Crippen LogP contribution in [0, 0.1) is 0 Å². The number of hydrogen-bond acceptors (Lipinski definition) is 3. The van der Waals surface area contributed by atoms with Crippen LogP contribution >= 0.6 is 23.2 Å². The summed E-state index contributed by atoms with van der Waals surface area (Å²) in [4.78, 5) is 6.88. The van der Waals surface area contributed by atoms with Gasteiger partial charge in [-0.3, -0.25) is 4.90 Å². The molecule has 4 nitrogen and oxygen atoms in total. The Morgan fingerprint density at radius 2 is 2.10 bits per heavy atom. The van der Waals surface area contributed by atoms with E-state index >= 15 is 0 Å². The molecule has 1 aromatic carbocycles. The largest absolute Gasteiger partial charge is 0.369 e. The Bertz CT molecular complexity index is 638. The van der Waals surface area contributed by atoms with E-state index in [4.69, 9.17) is 28.9 Å². The van der Waals surface area contributed by atoms with Gasteiger partial charge in [-0.05, 0) is 38.1 Å². The molecule has 1 aromatic heterocycles. The van der Waals surface area contributed by atoms with Crippen LogP contribution < -0.4 is 5.73 Å². The van der Waals surface area contributed by atoms with E-state index in [0.717, 1.165) is 24.1 Å². The molecule has 0 bridgehead atoms. The Balaban J connectivity index is 1.98. The molecule has 1 aliphatic heterocycles. The van der Waals surface area contributed by atoms with E-state index in [1.807, 2.05) is 6.07 Å². The molecule has 1 fully saturated rings. The lowest BCUT2D eigenvalue weighted by Crippen LogP contribution is -2.33. The Labute approximate surface area is 128 Å². The third-order valence-corrected chi connectivity index (χ3v) is 4.84. The average Bonchev–Trinajstić information content (AvgIpc) is 2.97. The normalized spacial score (nSPS) is 20.1. The molecule has 108 valence electrons. The van der Waals surface area contributed by atoms with E-state index in [0.29, 0.717) is 22.0 Å². The molecule has 3 rings (SSSR count). The van der Waals surface area contributed by atoms with Crippen LogP contribution in [0.1, 0.15) is 19.8 Å². The van der Waals surface area contributed by atoms with Gasteiger partial charge in [0.15, 0.2) is 0 Å². The van der Waals surface area contributed by atoms with Crippen molar-refractivity contribution in [2.45, 2.75) is 32.4 Å². The summed E-state index contributed by atoms with van der Waals surface area (Å²) in [5.74, 6) is 0.529. The number of anilines is 1. The summed E-state index contributed by atoms with van der Waals surface area (Å²) in [5, 5.41) is 1.05. The number of imidazole rings is 1. The maximum absolute atomic E-state index is 6.12. The van der Waals surface area contributed by atoms with Gasteiger partial charge in [-0.2, -0.15) is 0 Å². The number of hydrogen-bond donors (Lipinski definition) is 1. The molecule has 1 saturated heterocycles. The first-order valence-electron chi connectivity index (χ1n) is 6.95. The number of nitrogen functional groups attached to an aromatic ring is 1. The monoisotopic (exact) mass is 312 g/mol. The molecular weight excluding hydrogens is 295 g/mol. The summed E-state index contributed by atoms with van der Waals surface area (Å²) < 4.78 is 2.05. The van der Waals surface area contributed by atoms with Crippen LogP contribution in [0.3, 0.4) is 0 Å². The fourth-order valence-corrected chi connectivity index (χ4v) is 3.38. The topological polar surface area (TPSA) is 47.1 Å². The van der Waals surface area contributed by atoms with E-state index in [1.54, 1.807) is 6.07 Å². The Morgan fingerprint density at radius 1 is 1.35 bits per heavy atom. The quantitative estimate of drug-likeness (QED) is 0.944. The molecule has 1 unspecified atom stereocenters. The van der Waals surface area contributed by atoms with Crippen molar-refractivity contribution < 1.29 is 0 Å². The zero-order valence-corrected chi connectivity index (χ0v) is 13.0. The predicted octanol–water partition coefficient (Wildman–Crippen LogP) is 3.41. The highest BCUT2D eigenvalue weighted by molar-refractivity contribution is 6.42. The fraction of sp³-hybridized carbons (Fsp3) is 0.500. The summed E-state index contributed by atoms with van der Waals surface area (Å²) in [5.41, 5.74) is 7.83. The first-order valence-corrected chi connectivity index (χ1v) is 7.70. The highest BCUT2D eigenvalue weighted by Gasteiger charge is 2.24. The molecule has 0 radical (unpaired) electrons. The lowest BCUT2D eigenvalue weighted by Gasteiger charge is -2.23. The molecule has 2 N–H and O–H groups in total. The van der Waals surface area contributed by atoms with Crippen molar-refractivity contribution in [3.05, 3.63) is 22.2 Å². The van der Waals surface area contributed by atoms with Gasteiger partial charge in [-0.15, -0.1) is 0 Å². The molecular formula is C14H18Cl2N4. The standard InChI is InChI=1S/C14H18Cl2N4/c1-2-19-5-3-4-9(19)8-20-13-7-11(16)10(15)6-12(13)18-14(20)17/h6-7,9H,2-5,8H2,1H3,(H2,17,18). The number of likely N-dealkylation sites (N-methyl/N-ethyl adjacent to an activating group) is 1. The minimum absolute atomic E-state index is 0.514. The van der Waals surface area contributed by atoms with Gasteiger partial charge in [0.2, 0.25) is 5.95 Å². The van der Waals surface area contributed by atoms with Gasteiger partial charge in [-0.1, -0.05) is 30.1 Å². The van der Waals surface area contributed by atoms with Gasteiger partial charge in [-0.25, -0.2) is 4.98 Å². The smallest absolute Gasteiger partial charge is 0.201 e. The van der Waals surface area contributed by atoms with Crippen molar-refractivity contribution in [3.63, 3.8) is 0 Å². The molecule has 20 heavy (non-hydrogen) atoms. The van der Waals surface area contributed by atoms with Crippen molar-refractivity contribution in [3.8, 4) is 0 Å². The first kappa shape index (κ1) is 14.0. The summed E-state index contributed by atoms with van der Waals surface area (Å²) in [6, 6.07) is 4.15. The second-order valence-electron chi connectivity index (χ2n) is 5.26. The van der Waals surface area contributed by atoms with Gasteiger partial charge >= 0.3 is 0 Å². The van der Waals surface area contributed by atoms with Gasteiger partial charge in [0.1, 0.15) is 0 Å². The number of benzene rings is 1. The number of likely N-dealkylation sites (tertiary alicyclic amines) is 1. The summed E-state index contributed by atoms with van der Waals surface area (Å²) in [7, 11) is 0. The van der Waals surface area contributed by atoms with Crippen molar-refractivity contribution in [2.75, 3.05) is 18.8 Å². The SMILES string of the molecule is CCN1CCCC1Cn1c(N)nc2cc(Cl)c(Cl)cc21. The number of nitrogens with zero attached hydrogens (tertiary/aromatic N) is 3. The molecule has 1 atom stereocenters. The van der Waals surface area contributed by atoms with Crippen LogP contribution in [0.25, 0.3) is 11.0 Å². The third kappa shape index (κ3) is 2.36. The van der Waals surface area contributed by atoms with Gasteiger partial charge in [0.25, 0.3) is 0 Å². The second-order valence-corrected chi connectivity index (χ2v) is 6.07. The van der Waals surface area contributed by atoms with Crippen LogP contribution in [0.4, 0.5) is 5.95 Å². The third-order valence-electron chi connectivity index (χ3n) is 4.12. The molecule has 0 amide bonds. The van der Waals surface area contributed by atoms with Crippen molar-refractivity contribution in [1.82, 2.24) is 14.5 Å². The van der Waals surface area contributed by atoms with Crippen LogP contribution in [0.2, 0.25) is 10.0 Å². The molecule has 0 saturated carbocycles. The highest BCUT2D eigenvalue weighted by Crippen LogP contribution is 2.30. The Morgan fingerprint density at radius 3 is 2.85 bits per heavy atom. The Hall–Kier alpha value is -0.970. The molecule has 6 heteroatoms. The van der Waals surface area contributed by atoms with Crippen LogP contribution in [0.5, 0.6) is 0 Å². The van der Waals surface area contributed by atoms with Crippen LogP contribution in [-0.4, -0.2) is 33.6 Å². The van der Waals surface area contributed by atoms with Crippen LogP contribution in [0.15, 0.2) is 12.1 Å².